The Kier molecular flexibility index (Phi) is 4.16. The molecule has 0 atom stereocenters. The monoisotopic (exact) mass is 251 g/mol. The number of hydrogen-bond donors (Lipinski definition) is 0. The van der Waals surface area contributed by atoms with Gasteiger partial charge in [-0.05, 0) is 35.6 Å². The third kappa shape index (κ3) is 3.16. The van der Waals surface area contributed by atoms with Gasteiger partial charge in [-0.1, -0.05) is 35.8 Å². The van der Waals surface area contributed by atoms with E-state index in [1.165, 1.54) is 11.1 Å². The Hall–Kier alpha value is -0.810. The number of rotatable bonds is 3. The molecular formula is C12H14BrN. The van der Waals surface area contributed by atoms with Gasteiger partial charge in [0.2, 0.25) is 0 Å². The molecule has 1 rings (SSSR count). The van der Waals surface area contributed by atoms with Crippen LogP contribution in [0.2, 0.25) is 0 Å². The van der Waals surface area contributed by atoms with Crippen LogP contribution in [0.3, 0.4) is 0 Å². The van der Waals surface area contributed by atoms with Crippen LogP contribution in [0.25, 0.3) is 0 Å². The van der Waals surface area contributed by atoms with Crippen LogP contribution >= 0.6 is 15.9 Å². The molecular weight excluding hydrogens is 238 g/mol. The third-order valence-corrected chi connectivity index (χ3v) is 2.63. The fraction of sp³-hybridized carbons (Fsp3) is 0.417. The summed E-state index contributed by atoms with van der Waals surface area (Å²) in [6.07, 6.45) is 1.43. The molecule has 0 N–H and O–H groups in total. The van der Waals surface area contributed by atoms with Gasteiger partial charge in [0.25, 0.3) is 0 Å². The van der Waals surface area contributed by atoms with Gasteiger partial charge in [0, 0.05) is 10.9 Å². The topological polar surface area (TPSA) is 23.8 Å². The summed E-state index contributed by atoms with van der Waals surface area (Å²) in [7, 11) is 0. The Labute approximate surface area is 93.9 Å². The van der Waals surface area contributed by atoms with Crippen molar-refractivity contribution in [2.75, 3.05) is 0 Å². The summed E-state index contributed by atoms with van der Waals surface area (Å²) in [4.78, 5) is 0. The lowest BCUT2D eigenvalue weighted by Crippen LogP contribution is -1.91. The highest BCUT2D eigenvalue weighted by Gasteiger charge is 2.02. The second kappa shape index (κ2) is 5.17. The summed E-state index contributed by atoms with van der Waals surface area (Å²) in [5.41, 5.74) is 2.57. The van der Waals surface area contributed by atoms with E-state index >= 15 is 0 Å². The largest absolute Gasteiger partial charge is 0.198 e. The van der Waals surface area contributed by atoms with Gasteiger partial charge < -0.3 is 0 Å². The maximum atomic E-state index is 8.51. The van der Waals surface area contributed by atoms with Crippen LogP contribution in [-0.2, 0) is 6.42 Å². The third-order valence-electron chi connectivity index (χ3n) is 2.17. The molecule has 1 aromatic carbocycles. The van der Waals surface area contributed by atoms with Crippen molar-refractivity contribution in [2.45, 2.75) is 32.6 Å². The number of nitrogens with zero attached hydrogens (tertiary/aromatic N) is 1. The lowest BCUT2D eigenvalue weighted by Gasteiger charge is -2.08. The molecule has 74 valence electrons. The zero-order valence-corrected chi connectivity index (χ0v) is 10.1. The minimum Gasteiger partial charge on any atom is -0.198 e. The van der Waals surface area contributed by atoms with Crippen LogP contribution < -0.4 is 0 Å². The van der Waals surface area contributed by atoms with E-state index in [-0.39, 0.29) is 0 Å². The molecule has 0 amide bonds. The number of halogens is 1. The van der Waals surface area contributed by atoms with Crippen molar-refractivity contribution in [2.24, 2.45) is 0 Å². The van der Waals surface area contributed by atoms with Gasteiger partial charge in [0.05, 0.1) is 6.07 Å². The molecule has 0 aliphatic heterocycles. The first kappa shape index (κ1) is 11.3. The van der Waals surface area contributed by atoms with Crippen LogP contribution in [0.5, 0.6) is 0 Å². The highest BCUT2D eigenvalue weighted by molar-refractivity contribution is 9.10. The van der Waals surface area contributed by atoms with Gasteiger partial charge in [0.1, 0.15) is 0 Å². The molecule has 0 saturated carbocycles. The summed E-state index contributed by atoms with van der Waals surface area (Å²) in [5.74, 6) is 0.535. The standard InChI is InChI=1S/C12H14BrN/c1-9(2)11-6-10(4-3-5-14)7-12(13)8-11/h6-9H,3-4H2,1-2H3. The van der Waals surface area contributed by atoms with Gasteiger partial charge in [-0.3, -0.25) is 0 Å². The Bertz CT molecular complexity index is 350. The Balaban J connectivity index is 2.90. The molecule has 14 heavy (non-hydrogen) atoms. The molecule has 0 aromatic heterocycles. The average molecular weight is 252 g/mol. The molecule has 0 bridgehead atoms. The highest BCUT2D eigenvalue weighted by atomic mass is 79.9. The van der Waals surface area contributed by atoms with Crippen LogP contribution in [0.15, 0.2) is 22.7 Å². The van der Waals surface area contributed by atoms with Crippen molar-refractivity contribution in [1.82, 2.24) is 0 Å². The van der Waals surface area contributed by atoms with Crippen LogP contribution in [0.4, 0.5) is 0 Å². The van der Waals surface area contributed by atoms with E-state index in [1.54, 1.807) is 0 Å². The summed E-state index contributed by atoms with van der Waals surface area (Å²) < 4.78 is 1.11. The molecule has 0 fully saturated rings. The van der Waals surface area contributed by atoms with Crippen molar-refractivity contribution >= 4 is 15.9 Å². The number of benzene rings is 1. The van der Waals surface area contributed by atoms with Crippen LogP contribution in [0.1, 0.15) is 37.3 Å². The van der Waals surface area contributed by atoms with Gasteiger partial charge in [-0.25, -0.2) is 0 Å². The first-order valence-electron chi connectivity index (χ1n) is 4.80. The Morgan fingerprint density at radius 3 is 2.64 bits per heavy atom. The Morgan fingerprint density at radius 1 is 1.36 bits per heavy atom. The van der Waals surface area contributed by atoms with E-state index in [0.717, 1.165) is 10.9 Å². The van der Waals surface area contributed by atoms with E-state index < -0.39 is 0 Å². The van der Waals surface area contributed by atoms with Crippen molar-refractivity contribution in [3.63, 3.8) is 0 Å². The van der Waals surface area contributed by atoms with E-state index in [1.807, 2.05) is 0 Å². The molecule has 1 nitrogen and oxygen atoms in total. The maximum absolute atomic E-state index is 8.51. The minimum absolute atomic E-state index is 0.535. The second-order valence-electron chi connectivity index (χ2n) is 3.71. The molecule has 0 unspecified atom stereocenters. The molecule has 0 spiro atoms. The molecule has 0 radical (unpaired) electrons. The Morgan fingerprint density at radius 2 is 2.07 bits per heavy atom. The van der Waals surface area contributed by atoms with Gasteiger partial charge >= 0.3 is 0 Å². The zero-order valence-electron chi connectivity index (χ0n) is 8.55. The molecule has 1 aromatic rings. The molecule has 2 heteroatoms. The smallest absolute Gasteiger partial charge is 0.0625 e. The first-order valence-corrected chi connectivity index (χ1v) is 5.59. The second-order valence-corrected chi connectivity index (χ2v) is 4.62. The van der Waals surface area contributed by atoms with Gasteiger partial charge in [-0.15, -0.1) is 0 Å². The lowest BCUT2D eigenvalue weighted by molar-refractivity contribution is 0.859. The SMILES string of the molecule is CC(C)c1cc(Br)cc(CCC#N)c1. The van der Waals surface area contributed by atoms with Crippen molar-refractivity contribution < 1.29 is 0 Å². The molecule has 0 aliphatic carbocycles. The molecule has 0 aliphatic rings. The highest BCUT2D eigenvalue weighted by Crippen LogP contribution is 2.22. The fourth-order valence-corrected chi connectivity index (χ4v) is 1.91. The quantitative estimate of drug-likeness (QED) is 0.796. The summed E-state index contributed by atoms with van der Waals surface area (Å²) >= 11 is 3.49. The predicted molar refractivity (Wildman–Crippen MR) is 62.2 cm³/mol. The predicted octanol–water partition coefficient (Wildman–Crippen LogP) is 4.03. The molecule has 0 saturated heterocycles. The average Bonchev–Trinajstić information content (AvgIpc) is 2.14. The number of hydrogen-bond acceptors (Lipinski definition) is 1. The van der Waals surface area contributed by atoms with Gasteiger partial charge in [0.15, 0.2) is 0 Å². The maximum Gasteiger partial charge on any atom is 0.0625 e. The minimum atomic E-state index is 0.535. The number of aryl methyl sites for hydroxylation is 1. The van der Waals surface area contributed by atoms with Crippen molar-refractivity contribution in [1.29, 1.82) is 5.26 Å². The van der Waals surface area contributed by atoms with E-state index in [9.17, 15) is 0 Å². The fourth-order valence-electron chi connectivity index (χ4n) is 1.35. The van der Waals surface area contributed by atoms with E-state index in [2.05, 4.69) is 54.0 Å². The van der Waals surface area contributed by atoms with Crippen molar-refractivity contribution in [3.05, 3.63) is 33.8 Å². The first-order chi connectivity index (χ1) is 6.63. The zero-order chi connectivity index (χ0) is 10.6. The summed E-state index contributed by atoms with van der Waals surface area (Å²) in [6.45, 7) is 4.35. The van der Waals surface area contributed by atoms with E-state index in [4.69, 9.17) is 5.26 Å². The van der Waals surface area contributed by atoms with Crippen LogP contribution in [-0.4, -0.2) is 0 Å². The normalized spacial score (nSPS) is 10.2. The van der Waals surface area contributed by atoms with Gasteiger partial charge in [-0.2, -0.15) is 5.26 Å². The summed E-state index contributed by atoms with van der Waals surface area (Å²) in [5, 5.41) is 8.51. The van der Waals surface area contributed by atoms with Crippen molar-refractivity contribution in [3.8, 4) is 6.07 Å². The van der Waals surface area contributed by atoms with Crippen LogP contribution in [0, 0.1) is 11.3 Å². The number of nitriles is 1. The lowest BCUT2D eigenvalue weighted by atomic mass is 9.99. The summed E-state index contributed by atoms with van der Waals surface area (Å²) in [6, 6.07) is 8.58. The molecule has 0 heterocycles. The van der Waals surface area contributed by atoms with E-state index in [0.29, 0.717) is 12.3 Å².